The highest BCUT2D eigenvalue weighted by molar-refractivity contribution is 5.87. The lowest BCUT2D eigenvalue weighted by molar-refractivity contribution is -0.132. The molecule has 2 aliphatic heterocycles. The molecule has 0 aromatic rings. The van der Waals surface area contributed by atoms with Crippen molar-refractivity contribution in [1.82, 2.24) is 10.2 Å². The third kappa shape index (κ3) is 2.77. The fourth-order valence-corrected chi connectivity index (χ4v) is 2.36. The van der Waals surface area contributed by atoms with Crippen LogP contribution in [0, 0.1) is 11.8 Å². The van der Waals surface area contributed by atoms with Crippen molar-refractivity contribution in [3.8, 4) is 0 Å². The van der Waals surface area contributed by atoms with Gasteiger partial charge in [0.25, 0.3) is 0 Å². The van der Waals surface area contributed by atoms with E-state index < -0.39 is 5.60 Å². The number of carbonyl (C=O) groups excluding carboxylic acids is 2. The first-order valence-corrected chi connectivity index (χ1v) is 6.09. The Morgan fingerprint density at radius 3 is 2.29 bits per heavy atom. The summed E-state index contributed by atoms with van der Waals surface area (Å²) < 4.78 is 5.33. The Bertz CT molecular complexity index is 319. The number of Topliss-reactive ketones (excluding diaryl/α,β-unsaturated/α-hetero) is 1. The molecule has 96 valence electrons. The van der Waals surface area contributed by atoms with Crippen LogP contribution in [0.4, 0.5) is 4.79 Å². The van der Waals surface area contributed by atoms with Gasteiger partial charge >= 0.3 is 6.09 Å². The molecule has 0 aromatic carbocycles. The fourth-order valence-electron chi connectivity index (χ4n) is 2.36. The zero-order valence-electron chi connectivity index (χ0n) is 10.7. The Morgan fingerprint density at radius 1 is 1.29 bits per heavy atom. The van der Waals surface area contributed by atoms with Gasteiger partial charge in [-0.15, -0.1) is 0 Å². The van der Waals surface area contributed by atoms with Gasteiger partial charge in [0, 0.05) is 38.0 Å². The van der Waals surface area contributed by atoms with Crippen LogP contribution in [0.5, 0.6) is 0 Å². The van der Waals surface area contributed by atoms with Crippen molar-refractivity contribution in [3.05, 3.63) is 0 Å². The topological polar surface area (TPSA) is 58.6 Å². The molecule has 5 nitrogen and oxygen atoms in total. The maximum atomic E-state index is 11.9. The zero-order valence-corrected chi connectivity index (χ0v) is 10.7. The quantitative estimate of drug-likeness (QED) is 0.675. The Morgan fingerprint density at radius 2 is 1.82 bits per heavy atom. The van der Waals surface area contributed by atoms with Gasteiger partial charge in [-0.1, -0.05) is 0 Å². The molecule has 2 heterocycles. The van der Waals surface area contributed by atoms with E-state index in [0.717, 1.165) is 0 Å². The first-order valence-electron chi connectivity index (χ1n) is 6.09. The molecule has 1 amide bonds. The third-order valence-corrected chi connectivity index (χ3v) is 3.12. The average molecular weight is 240 g/mol. The zero-order chi connectivity index (χ0) is 12.6. The van der Waals surface area contributed by atoms with Crippen molar-refractivity contribution < 1.29 is 14.3 Å². The second kappa shape index (κ2) is 4.29. The van der Waals surface area contributed by atoms with Crippen molar-refractivity contribution >= 4 is 11.9 Å². The fraction of sp³-hybridized carbons (Fsp3) is 0.833. The highest BCUT2D eigenvalue weighted by Crippen LogP contribution is 2.22. The Hall–Kier alpha value is -1.10. The molecule has 2 fully saturated rings. The van der Waals surface area contributed by atoms with Gasteiger partial charge in [-0.05, 0) is 20.8 Å². The molecule has 0 radical (unpaired) electrons. The van der Waals surface area contributed by atoms with Crippen LogP contribution in [0.2, 0.25) is 0 Å². The minimum absolute atomic E-state index is 0.0602. The summed E-state index contributed by atoms with van der Waals surface area (Å²) >= 11 is 0. The van der Waals surface area contributed by atoms with Crippen LogP contribution >= 0.6 is 0 Å². The summed E-state index contributed by atoms with van der Waals surface area (Å²) in [5, 5.41) is 3.23. The Balaban J connectivity index is 2.00. The second-order valence-electron chi connectivity index (χ2n) is 5.84. The lowest BCUT2D eigenvalue weighted by Gasteiger charge is -2.40. The summed E-state index contributed by atoms with van der Waals surface area (Å²) in [7, 11) is 0. The highest BCUT2D eigenvalue weighted by Gasteiger charge is 2.40. The van der Waals surface area contributed by atoms with E-state index in [-0.39, 0.29) is 17.9 Å². The minimum atomic E-state index is -0.480. The standard InChI is InChI=1S/C12H20N2O3/c1-12(2,3)17-11(16)14-6-8-4-13-5-9(7-14)10(8)15/h8-9,13H,4-7H2,1-3H3/t8-,9-/m0/s1. The summed E-state index contributed by atoms with van der Waals surface area (Å²) in [5.41, 5.74) is -0.480. The number of hydrogen-bond acceptors (Lipinski definition) is 4. The molecule has 0 saturated carbocycles. The smallest absolute Gasteiger partial charge is 0.410 e. The number of amides is 1. The van der Waals surface area contributed by atoms with Crippen LogP contribution < -0.4 is 5.32 Å². The van der Waals surface area contributed by atoms with E-state index >= 15 is 0 Å². The summed E-state index contributed by atoms with van der Waals surface area (Å²) in [6.07, 6.45) is -0.304. The summed E-state index contributed by atoms with van der Waals surface area (Å²) in [6, 6.07) is 0. The van der Waals surface area contributed by atoms with Gasteiger partial charge in [-0.3, -0.25) is 4.79 Å². The molecule has 0 unspecified atom stereocenters. The number of piperidine rings is 2. The van der Waals surface area contributed by atoms with Crippen LogP contribution in [0.25, 0.3) is 0 Å². The molecule has 2 atom stereocenters. The highest BCUT2D eigenvalue weighted by atomic mass is 16.6. The molecule has 0 aliphatic carbocycles. The van der Waals surface area contributed by atoms with Gasteiger partial charge in [0.15, 0.2) is 0 Å². The van der Waals surface area contributed by atoms with E-state index in [9.17, 15) is 9.59 Å². The molecule has 2 saturated heterocycles. The first-order chi connectivity index (χ1) is 7.87. The van der Waals surface area contributed by atoms with E-state index in [2.05, 4.69) is 5.32 Å². The predicted molar refractivity (Wildman–Crippen MR) is 62.7 cm³/mol. The Kier molecular flexibility index (Phi) is 3.12. The molecule has 1 N–H and O–H groups in total. The van der Waals surface area contributed by atoms with E-state index in [1.54, 1.807) is 4.90 Å². The third-order valence-electron chi connectivity index (χ3n) is 3.12. The number of carbonyl (C=O) groups is 2. The summed E-state index contributed by atoms with van der Waals surface area (Å²) in [4.78, 5) is 25.4. The molecule has 17 heavy (non-hydrogen) atoms. The van der Waals surface area contributed by atoms with Crippen molar-refractivity contribution in [2.45, 2.75) is 26.4 Å². The molecule has 2 bridgehead atoms. The molecule has 0 aromatic heterocycles. The molecular weight excluding hydrogens is 220 g/mol. The maximum absolute atomic E-state index is 11.9. The molecule has 5 heteroatoms. The van der Waals surface area contributed by atoms with Crippen molar-refractivity contribution in [3.63, 3.8) is 0 Å². The predicted octanol–water partition coefficient (Wildman–Crippen LogP) is 0.642. The van der Waals surface area contributed by atoms with Gasteiger partial charge in [-0.25, -0.2) is 4.79 Å². The normalized spacial score (nSPS) is 29.1. The number of ether oxygens (including phenoxy) is 1. The maximum Gasteiger partial charge on any atom is 0.410 e. The van der Waals surface area contributed by atoms with Crippen LogP contribution in [-0.4, -0.2) is 48.6 Å². The number of nitrogens with one attached hydrogen (secondary N) is 1. The largest absolute Gasteiger partial charge is 0.444 e. The van der Waals surface area contributed by atoms with Crippen molar-refractivity contribution in [1.29, 1.82) is 0 Å². The lowest BCUT2D eigenvalue weighted by Crippen LogP contribution is -2.58. The van der Waals surface area contributed by atoms with Gasteiger partial charge in [0.1, 0.15) is 11.4 Å². The molecular formula is C12H20N2O3. The van der Waals surface area contributed by atoms with Crippen LogP contribution in [0.3, 0.4) is 0 Å². The van der Waals surface area contributed by atoms with Gasteiger partial charge < -0.3 is 15.0 Å². The number of hydrogen-bond donors (Lipinski definition) is 1. The number of nitrogens with zero attached hydrogens (tertiary/aromatic N) is 1. The van der Waals surface area contributed by atoms with Gasteiger partial charge in [-0.2, -0.15) is 0 Å². The molecule has 2 aliphatic rings. The first kappa shape index (κ1) is 12.4. The molecule has 2 rings (SSSR count). The van der Waals surface area contributed by atoms with Crippen LogP contribution in [0.1, 0.15) is 20.8 Å². The van der Waals surface area contributed by atoms with E-state index in [0.29, 0.717) is 32.0 Å². The molecule has 0 spiro atoms. The van der Waals surface area contributed by atoms with E-state index in [4.69, 9.17) is 4.74 Å². The lowest BCUT2D eigenvalue weighted by atomic mass is 9.84. The summed E-state index contributed by atoms with van der Waals surface area (Å²) in [6.45, 7) is 7.87. The summed E-state index contributed by atoms with van der Waals surface area (Å²) in [5.74, 6) is 0.175. The van der Waals surface area contributed by atoms with Crippen LogP contribution in [0.15, 0.2) is 0 Å². The van der Waals surface area contributed by atoms with E-state index in [1.165, 1.54) is 0 Å². The average Bonchev–Trinajstić information content (AvgIpc) is 2.13. The number of fused-ring (bicyclic) bond motifs is 2. The Labute approximate surface area is 101 Å². The van der Waals surface area contributed by atoms with Gasteiger partial charge in [0.2, 0.25) is 0 Å². The SMILES string of the molecule is CC(C)(C)OC(=O)N1C[C@@H]2CNC[C@@H](C1)C2=O. The monoisotopic (exact) mass is 240 g/mol. The van der Waals surface area contributed by atoms with Gasteiger partial charge in [0.05, 0.1) is 0 Å². The van der Waals surface area contributed by atoms with Crippen molar-refractivity contribution in [2.24, 2.45) is 11.8 Å². The van der Waals surface area contributed by atoms with E-state index in [1.807, 2.05) is 20.8 Å². The van der Waals surface area contributed by atoms with Crippen LogP contribution in [-0.2, 0) is 9.53 Å². The number of ketones is 1. The second-order valence-corrected chi connectivity index (χ2v) is 5.84. The minimum Gasteiger partial charge on any atom is -0.444 e. The number of likely N-dealkylation sites (tertiary alicyclic amines) is 1. The van der Waals surface area contributed by atoms with Crippen molar-refractivity contribution in [2.75, 3.05) is 26.2 Å². The number of rotatable bonds is 0.